The normalized spacial score (nSPS) is 11.8. The highest BCUT2D eigenvalue weighted by Crippen LogP contribution is 2.24. The number of hydrogen-bond donors (Lipinski definition) is 2. The number of pyridine rings is 1. The van der Waals surface area contributed by atoms with Gasteiger partial charge in [-0.25, -0.2) is 13.8 Å². The molecule has 0 spiro atoms. The predicted octanol–water partition coefficient (Wildman–Crippen LogP) is 2.54. The lowest BCUT2D eigenvalue weighted by atomic mass is 10.2. The summed E-state index contributed by atoms with van der Waals surface area (Å²) in [5.41, 5.74) is 0.536. The Bertz CT molecular complexity index is 695. The average molecular weight is 322 g/mol. The maximum Gasteiger partial charge on any atom is 0.249 e. The molecule has 7 heteroatoms. The van der Waals surface area contributed by atoms with Gasteiger partial charge in [0.15, 0.2) is 11.6 Å². The quantitative estimate of drug-likeness (QED) is 0.857. The lowest BCUT2D eigenvalue weighted by Crippen LogP contribution is -2.33. The molecule has 0 saturated carbocycles. The number of aliphatic hydroxyl groups excluding tert-OH is 1. The van der Waals surface area contributed by atoms with E-state index in [0.717, 1.165) is 12.1 Å². The fourth-order valence-corrected chi connectivity index (χ4v) is 1.79. The molecule has 0 unspecified atom stereocenters. The van der Waals surface area contributed by atoms with Crippen LogP contribution < -0.4 is 10.1 Å². The fourth-order valence-electron chi connectivity index (χ4n) is 1.79. The van der Waals surface area contributed by atoms with Crippen molar-refractivity contribution in [3.05, 3.63) is 53.7 Å². The number of halogens is 2. The Morgan fingerprint density at radius 1 is 1.35 bits per heavy atom. The van der Waals surface area contributed by atoms with Gasteiger partial charge in [0, 0.05) is 24.4 Å². The van der Waals surface area contributed by atoms with E-state index in [2.05, 4.69) is 10.3 Å². The molecule has 1 amide bonds. The Labute approximate surface area is 131 Å². The average Bonchev–Trinajstić information content (AvgIpc) is 2.56. The SMILES string of the molecule is CC[C@H](O)C(=O)NCc1cccnc1Oc1ccc(F)c(F)c1. The molecular formula is C16H16F2N2O3. The zero-order valence-electron chi connectivity index (χ0n) is 12.4. The monoisotopic (exact) mass is 322 g/mol. The van der Waals surface area contributed by atoms with Crippen molar-refractivity contribution in [3.8, 4) is 11.6 Å². The van der Waals surface area contributed by atoms with Crippen LogP contribution in [-0.4, -0.2) is 22.1 Å². The first kappa shape index (κ1) is 16.8. The van der Waals surface area contributed by atoms with Crippen LogP contribution in [0.4, 0.5) is 8.78 Å². The van der Waals surface area contributed by atoms with E-state index < -0.39 is 23.6 Å². The minimum Gasteiger partial charge on any atom is -0.439 e. The van der Waals surface area contributed by atoms with Crippen molar-refractivity contribution in [2.75, 3.05) is 0 Å². The van der Waals surface area contributed by atoms with Crippen molar-refractivity contribution in [2.45, 2.75) is 26.0 Å². The minimum atomic E-state index is -1.08. The summed E-state index contributed by atoms with van der Waals surface area (Å²) in [5.74, 6) is -2.26. The third-order valence-corrected chi connectivity index (χ3v) is 3.10. The van der Waals surface area contributed by atoms with Gasteiger partial charge >= 0.3 is 0 Å². The van der Waals surface area contributed by atoms with Crippen LogP contribution in [0.15, 0.2) is 36.5 Å². The number of benzene rings is 1. The third kappa shape index (κ3) is 4.46. The molecule has 2 rings (SSSR count). The summed E-state index contributed by atoms with van der Waals surface area (Å²) in [5, 5.41) is 12.0. The number of rotatable bonds is 6. The van der Waals surface area contributed by atoms with E-state index in [1.165, 1.54) is 12.3 Å². The number of aromatic nitrogens is 1. The summed E-state index contributed by atoms with van der Waals surface area (Å²) in [6.07, 6.45) is 0.695. The van der Waals surface area contributed by atoms with Crippen LogP contribution in [0.2, 0.25) is 0 Å². The van der Waals surface area contributed by atoms with E-state index >= 15 is 0 Å². The Hall–Kier alpha value is -2.54. The van der Waals surface area contributed by atoms with Gasteiger partial charge in [-0.2, -0.15) is 0 Å². The van der Waals surface area contributed by atoms with Crippen LogP contribution in [-0.2, 0) is 11.3 Å². The highest BCUT2D eigenvalue weighted by atomic mass is 19.2. The van der Waals surface area contributed by atoms with Gasteiger partial charge in [0.05, 0.1) is 0 Å². The summed E-state index contributed by atoms with van der Waals surface area (Å²) < 4.78 is 31.6. The van der Waals surface area contributed by atoms with Gasteiger partial charge in [-0.15, -0.1) is 0 Å². The van der Waals surface area contributed by atoms with E-state index in [4.69, 9.17) is 4.74 Å². The number of ether oxygens (including phenoxy) is 1. The molecule has 23 heavy (non-hydrogen) atoms. The lowest BCUT2D eigenvalue weighted by Gasteiger charge is -2.12. The Balaban J connectivity index is 2.11. The molecule has 0 radical (unpaired) electrons. The maximum atomic E-state index is 13.2. The molecule has 2 N–H and O–H groups in total. The van der Waals surface area contributed by atoms with Gasteiger partial charge < -0.3 is 15.2 Å². The standard InChI is InChI=1S/C16H16F2N2O3/c1-2-14(21)15(22)20-9-10-4-3-7-19-16(10)23-11-5-6-12(17)13(18)8-11/h3-8,14,21H,2,9H2,1H3,(H,20,22)/t14-/m0/s1. The highest BCUT2D eigenvalue weighted by Gasteiger charge is 2.14. The van der Waals surface area contributed by atoms with Crippen LogP contribution in [0.1, 0.15) is 18.9 Å². The van der Waals surface area contributed by atoms with E-state index in [1.807, 2.05) is 0 Å². The summed E-state index contributed by atoms with van der Waals surface area (Å²) in [7, 11) is 0. The number of aliphatic hydroxyl groups is 1. The van der Waals surface area contributed by atoms with Crippen molar-refractivity contribution in [3.63, 3.8) is 0 Å². The van der Waals surface area contributed by atoms with E-state index in [0.29, 0.717) is 12.0 Å². The van der Waals surface area contributed by atoms with Crippen molar-refractivity contribution >= 4 is 5.91 Å². The van der Waals surface area contributed by atoms with Gasteiger partial charge in [-0.1, -0.05) is 13.0 Å². The number of nitrogens with zero attached hydrogens (tertiary/aromatic N) is 1. The second kappa shape index (κ2) is 7.64. The van der Waals surface area contributed by atoms with Crippen LogP contribution in [0, 0.1) is 11.6 Å². The molecule has 0 saturated heterocycles. The van der Waals surface area contributed by atoms with Crippen molar-refractivity contribution in [1.29, 1.82) is 0 Å². The van der Waals surface area contributed by atoms with Gasteiger partial charge in [-0.3, -0.25) is 4.79 Å². The molecule has 1 atom stereocenters. The Kier molecular flexibility index (Phi) is 5.59. The van der Waals surface area contributed by atoms with Gasteiger partial charge in [0.1, 0.15) is 11.9 Å². The largest absolute Gasteiger partial charge is 0.439 e. The smallest absolute Gasteiger partial charge is 0.249 e. The molecule has 122 valence electrons. The first-order valence-electron chi connectivity index (χ1n) is 7.03. The molecule has 0 fully saturated rings. The topological polar surface area (TPSA) is 71.5 Å². The molecule has 5 nitrogen and oxygen atoms in total. The summed E-state index contributed by atoms with van der Waals surface area (Å²) in [6, 6.07) is 6.45. The molecule has 1 aromatic heterocycles. The highest BCUT2D eigenvalue weighted by molar-refractivity contribution is 5.80. The third-order valence-electron chi connectivity index (χ3n) is 3.10. The molecule has 1 heterocycles. The summed E-state index contributed by atoms with van der Waals surface area (Å²) in [4.78, 5) is 15.6. The van der Waals surface area contributed by atoms with Crippen molar-refractivity contribution in [1.82, 2.24) is 10.3 Å². The van der Waals surface area contributed by atoms with Gasteiger partial charge in [-0.05, 0) is 24.6 Å². The first-order valence-corrected chi connectivity index (χ1v) is 7.03. The maximum absolute atomic E-state index is 13.2. The summed E-state index contributed by atoms with van der Waals surface area (Å²) >= 11 is 0. The first-order chi connectivity index (χ1) is 11.0. The molecule has 0 aliphatic rings. The van der Waals surface area contributed by atoms with Crippen LogP contribution >= 0.6 is 0 Å². The Morgan fingerprint density at radius 3 is 2.83 bits per heavy atom. The molecule has 2 aromatic rings. The number of carbonyl (C=O) groups is 1. The number of hydrogen-bond acceptors (Lipinski definition) is 4. The van der Waals surface area contributed by atoms with Crippen molar-refractivity contribution in [2.24, 2.45) is 0 Å². The van der Waals surface area contributed by atoms with Gasteiger partial charge in [0.2, 0.25) is 11.8 Å². The zero-order valence-corrected chi connectivity index (χ0v) is 12.4. The number of nitrogens with one attached hydrogen (secondary N) is 1. The molecule has 0 bridgehead atoms. The van der Waals surface area contributed by atoms with E-state index in [1.54, 1.807) is 19.1 Å². The van der Waals surface area contributed by atoms with E-state index in [-0.39, 0.29) is 18.2 Å². The van der Waals surface area contributed by atoms with Gasteiger partial charge in [0.25, 0.3) is 0 Å². The fraction of sp³-hybridized carbons (Fsp3) is 0.250. The van der Waals surface area contributed by atoms with Crippen molar-refractivity contribution < 1.29 is 23.4 Å². The Morgan fingerprint density at radius 2 is 2.13 bits per heavy atom. The second-order valence-corrected chi connectivity index (χ2v) is 4.79. The van der Waals surface area contributed by atoms with Crippen LogP contribution in [0.3, 0.4) is 0 Å². The molecule has 0 aliphatic heterocycles. The number of carbonyl (C=O) groups excluding carboxylic acids is 1. The van der Waals surface area contributed by atoms with E-state index in [9.17, 15) is 18.7 Å². The zero-order chi connectivity index (χ0) is 16.8. The minimum absolute atomic E-state index is 0.0861. The summed E-state index contributed by atoms with van der Waals surface area (Å²) in [6.45, 7) is 1.77. The molecule has 1 aromatic carbocycles. The molecular weight excluding hydrogens is 306 g/mol. The van der Waals surface area contributed by atoms with Crippen LogP contribution in [0.5, 0.6) is 11.6 Å². The van der Waals surface area contributed by atoms with Crippen LogP contribution in [0.25, 0.3) is 0 Å². The lowest BCUT2D eigenvalue weighted by molar-refractivity contribution is -0.129. The molecule has 0 aliphatic carbocycles. The second-order valence-electron chi connectivity index (χ2n) is 4.79. The predicted molar refractivity (Wildman–Crippen MR) is 78.8 cm³/mol. The number of amides is 1.